The summed E-state index contributed by atoms with van der Waals surface area (Å²) in [5.41, 5.74) is -0.894. The average molecular weight is 356 g/mol. The van der Waals surface area contributed by atoms with Crippen LogP contribution in [0.1, 0.15) is 27.7 Å². The second-order valence-electron chi connectivity index (χ2n) is 8.91. The summed E-state index contributed by atoms with van der Waals surface area (Å²) < 4.78 is 0. The number of aliphatic hydroxyl groups excluding tert-OH is 4. The highest BCUT2D eigenvalue weighted by molar-refractivity contribution is 5.94. The lowest BCUT2D eigenvalue weighted by molar-refractivity contribution is -0.242. The van der Waals surface area contributed by atoms with Gasteiger partial charge in [-0.3, -0.25) is 14.6 Å². The molecule has 4 aliphatic heterocycles. The Morgan fingerprint density at radius 3 is 1.68 bits per heavy atom. The largest absolute Gasteiger partial charge is 0.394 e. The fraction of sp³-hybridized carbons (Fsp3) is 0.944. The molecule has 4 N–H and O–H groups in total. The zero-order valence-corrected chi connectivity index (χ0v) is 15.6. The lowest BCUT2D eigenvalue weighted by atomic mass is 9.53. The fourth-order valence-corrected chi connectivity index (χ4v) is 5.25. The standard InChI is InChI=1S/C18H32N2O5/c1-10(2)17-6-19-8-18(11(3)4,16(17)25)9-20(7-17)15(19)14(24)13(23)12(22)5-21/h10-15,21-24H,5-9H2,1-4H3/t12-,13+,14+,15?,17?,18?/m0/s1. The first-order valence-electron chi connectivity index (χ1n) is 9.29. The van der Waals surface area contributed by atoms with Crippen molar-refractivity contribution in [3.8, 4) is 0 Å². The van der Waals surface area contributed by atoms with E-state index in [9.17, 15) is 20.1 Å². The minimum Gasteiger partial charge on any atom is -0.394 e. The zero-order valence-electron chi connectivity index (χ0n) is 15.6. The van der Waals surface area contributed by atoms with Crippen LogP contribution in [0.5, 0.6) is 0 Å². The summed E-state index contributed by atoms with van der Waals surface area (Å²) in [6.45, 7) is 9.99. The van der Waals surface area contributed by atoms with Crippen LogP contribution in [0.15, 0.2) is 0 Å². The smallest absolute Gasteiger partial charge is 0.150 e. The molecule has 4 bridgehead atoms. The lowest BCUT2D eigenvalue weighted by Crippen LogP contribution is -2.83. The van der Waals surface area contributed by atoms with E-state index in [1.54, 1.807) is 0 Å². The van der Waals surface area contributed by atoms with Gasteiger partial charge in [0.1, 0.15) is 18.3 Å². The summed E-state index contributed by atoms with van der Waals surface area (Å²) in [5, 5.41) is 39.7. The highest BCUT2D eigenvalue weighted by atomic mass is 16.4. The molecular weight excluding hydrogens is 324 g/mol. The van der Waals surface area contributed by atoms with Crippen LogP contribution in [-0.2, 0) is 4.79 Å². The van der Waals surface area contributed by atoms with Gasteiger partial charge < -0.3 is 20.4 Å². The van der Waals surface area contributed by atoms with Crippen molar-refractivity contribution in [2.24, 2.45) is 22.7 Å². The third kappa shape index (κ3) is 2.51. The van der Waals surface area contributed by atoms with E-state index in [2.05, 4.69) is 37.5 Å². The van der Waals surface area contributed by atoms with Crippen LogP contribution in [0.4, 0.5) is 0 Å². The first kappa shape index (κ1) is 19.2. The Hall–Kier alpha value is -0.570. The maximum atomic E-state index is 13.4. The molecule has 7 heteroatoms. The second-order valence-corrected chi connectivity index (χ2v) is 8.91. The first-order chi connectivity index (χ1) is 11.6. The molecule has 4 saturated heterocycles. The number of nitrogens with zero attached hydrogens (tertiary/aromatic N) is 2. The van der Waals surface area contributed by atoms with Gasteiger partial charge in [-0.2, -0.15) is 0 Å². The molecule has 25 heavy (non-hydrogen) atoms. The van der Waals surface area contributed by atoms with Crippen LogP contribution in [0.2, 0.25) is 0 Å². The molecule has 0 aromatic rings. The van der Waals surface area contributed by atoms with Gasteiger partial charge in [0, 0.05) is 26.2 Å². The Balaban J connectivity index is 1.95. The molecule has 144 valence electrons. The van der Waals surface area contributed by atoms with E-state index < -0.39 is 41.9 Å². The first-order valence-corrected chi connectivity index (χ1v) is 9.29. The van der Waals surface area contributed by atoms with Gasteiger partial charge in [0.15, 0.2) is 5.78 Å². The van der Waals surface area contributed by atoms with Crippen molar-refractivity contribution in [2.45, 2.75) is 52.2 Å². The molecule has 3 atom stereocenters. The number of rotatable bonds is 6. The maximum absolute atomic E-state index is 13.4. The molecule has 4 heterocycles. The maximum Gasteiger partial charge on any atom is 0.150 e. The van der Waals surface area contributed by atoms with Gasteiger partial charge in [-0.15, -0.1) is 0 Å². The van der Waals surface area contributed by atoms with Gasteiger partial charge in [-0.1, -0.05) is 27.7 Å². The van der Waals surface area contributed by atoms with Crippen molar-refractivity contribution in [1.82, 2.24) is 9.80 Å². The van der Waals surface area contributed by atoms with Crippen LogP contribution < -0.4 is 0 Å². The topological polar surface area (TPSA) is 104 Å². The molecule has 0 unspecified atom stereocenters. The lowest BCUT2D eigenvalue weighted by Gasteiger charge is -2.69. The molecule has 4 fully saturated rings. The third-order valence-corrected chi connectivity index (χ3v) is 7.04. The van der Waals surface area contributed by atoms with E-state index in [0.717, 1.165) is 0 Å². The Kier molecular flexibility index (Phi) is 4.80. The number of carbonyl (C=O) groups is 1. The van der Waals surface area contributed by atoms with Crippen molar-refractivity contribution < 1.29 is 25.2 Å². The number of hydrogen-bond donors (Lipinski definition) is 4. The summed E-state index contributed by atoms with van der Waals surface area (Å²) in [6, 6.07) is 0. The van der Waals surface area contributed by atoms with E-state index in [-0.39, 0.29) is 11.8 Å². The molecule has 0 amide bonds. The molecule has 4 rings (SSSR count). The van der Waals surface area contributed by atoms with Crippen molar-refractivity contribution in [3.05, 3.63) is 0 Å². The molecule has 0 aromatic carbocycles. The molecule has 0 saturated carbocycles. The molecule has 4 aliphatic rings. The van der Waals surface area contributed by atoms with E-state index in [0.29, 0.717) is 32.0 Å². The Labute approximate surface area is 149 Å². The molecular formula is C18H32N2O5. The summed E-state index contributed by atoms with van der Waals surface area (Å²) in [7, 11) is 0. The number of aliphatic hydroxyl groups is 4. The fourth-order valence-electron chi connectivity index (χ4n) is 5.25. The van der Waals surface area contributed by atoms with Gasteiger partial charge in [-0.05, 0) is 11.8 Å². The SMILES string of the molecule is CC(C)C12CN3CC(C(C)C)(CN(C1)C3[C@H](O)[C@H](O)[C@@H](O)CO)C2=O. The van der Waals surface area contributed by atoms with Crippen LogP contribution >= 0.6 is 0 Å². The molecule has 0 radical (unpaired) electrons. The highest BCUT2D eigenvalue weighted by Crippen LogP contribution is 2.54. The minimum atomic E-state index is -1.42. The van der Waals surface area contributed by atoms with Crippen LogP contribution in [0.3, 0.4) is 0 Å². The van der Waals surface area contributed by atoms with E-state index in [1.807, 2.05) is 0 Å². The monoisotopic (exact) mass is 356 g/mol. The summed E-state index contributed by atoms with van der Waals surface area (Å²) >= 11 is 0. The number of ketones is 1. The van der Waals surface area contributed by atoms with Crippen LogP contribution in [-0.4, -0.2) is 93.3 Å². The van der Waals surface area contributed by atoms with Gasteiger partial charge in [0.05, 0.1) is 23.6 Å². The zero-order chi connectivity index (χ0) is 18.7. The Morgan fingerprint density at radius 2 is 1.36 bits per heavy atom. The van der Waals surface area contributed by atoms with Crippen molar-refractivity contribution in [1.29, 1.82) is 0 Å². The Bertz CT molecular complexity index is 492. The number of Topliss-reactive ketones (excluding diaryl/α,β-unsaturated/α-hetero) is 1. The summed E-state index contributed by atoms with van der Waals surface area (Å²) in [4.78, 5) is 17.6. The normalized spacial score (nSPS) is 43.8. The predicted molar refractivity (Wildman–Crippen MR) is 91.6 cm³/mol. The second kappa shape index (κ2) is 6.25. The van der Waals surface area contributed by atoms with Crippen LogP contribution in [0.25, 0.3) is 0 Å². The van der Waals surface area contributed by atoms with Crippen LogP contribution in [0, 0.1) is 22.7 Å². The molecule has 7 nitrogen and oxygen atoms in total. The summed E-state index contributed by atoms with van der Waals surface area (Å²) in [6.07, 6.45) is -4.45. The molecule has 0 aliphatic carbocycles. The Morgan fingerprint density at radius 1 is 0.960 bits per heavy atom. The van der Waals surface area contributed by atoms with E-state index >= 15 is 0 Å². The average Bonchev–Trinajstić information content (AvgIpc) is 2.55. The van der Waals surface area contributed by atoms with E-state index in [4.69, 9.17) is 5.11 Å². The van der Waals surface area contributed by atoms with Gasteiger partial charge in [0.25, 0.3) is 0 Å². The third-order valence-electron chi connectivity index (χ3n) is 7.04. The van der Waals surface area contributed by atoms with Gasteiger partial charge in [-0.25, -0.2) is 0 Å². The predicted octanol–water partition coefficient (Wildman–Crippen LogP) is -1.11. The van der Waals surface area contributed by atoms with Crippen molar-refractivity contribution in [2.75, 3.05) is 32.8 Å². The van der Waals surface area contributed by atoms with Crippen molar-refractivity contribution in [3.63, 3.8) is 0 Å². The summed E-state index contributed by atoms with van der Waals surface area (Å²) in [5.74, 6) is 0.728. The minimum absolute atomic E-state index is 0.190. The molecule has 0 spiro atoms. The van der Waals surface area contributed by atoms with Gasteiger partial charge in [0.2, 0.25) is 0 Å². The number of piperidine rings is 2. The quantitative estimate of drug-likeness (QED) is 0.478. The molecule has 0 aromatic heterocycles. The number of carbonyl (C=O) groups excluding carboxylic acids is 1. The highest BCUT2D eigenvalue weighted by Gasteiger charge is 2.68. The van der Waals surface area contributed by atoms with E-state index in [1.165, 1.54) is 0 Å². The van der Waals surface area contributed by atoms with Gasteiger partial charge >= 0.3 is 0 Å². The van der Waals surface area contributed by atoms with Crippen molar-refractivity contribution >= 4 is 5.78 Å². The number of hydrogen-bond acceptors (Lipinski definition) is 7.